The van der Waals surface area contributed by atoms with Gasteiger partial charge in [0, 0.05) is 11.8 Å². The number of carbonyl (C=O) groups excluding carboxylic acids is 1. The highest BCUT2D eigenvalue weighted by Gasteiger charge is 2.06. The van der Waals surface area contributed by atoms with Gasteiger partial charge in [-0.1, -0.05) is 25.0 Å². The van der Waals surface area contributed by atoms with Gasteiger partial charge in [-0.15, -0.1) is 0 Å². The molecule has 0 aliphatic carbocycles. The molecule has 0 saturated heterocycles. The van der Waals surface area contributed by atoms with Gasteiger partial charge in [0.2, 0.25) is 5.91 Å². The topological polar surface area (TPSA) is 68.5 Å². The van der Waals surface area contributed by atoms with Crippen molar-refractivity contribution < 1.29 is 13.9 Å². The molecule has 0 aliphatic rings. The van der Waals surface area contributed by atoms with E-state index in [4.69, 9.17) is 9.15 Å². The Kier molecular flexibility index (Phi) is 6.27. The molecule has 0 unspecified atom stereocenters. The van der Waals surface area contributed by atoms with Crippen LogP contribution in [-0.2, 0) is 4.79 Å². The molecule has 0 bridgehead atoms. The molecule has 3 rings (SSSR count). The number of nitrogens with one attached hydrogen (secondary N) is 1. The van der Waals surface area contributed by atoms with Crippen LogP contribution in [0.3, 0.4) is 0 Å². The summed E-state index contributed by atoms with van der Waals surface area (Å²) in [5, 5.41) is 3.26. The zero-order chi connectivity index (χ0) is 19.9. The Bertz CT molecular complexity index is 1050. The lowest BCUT2D eigenvalue weighted by atomic mass is 10.1. The molecule has 0 spiro atoms. The molecule has 0 fully saturated rings. The highest BCUT2D eigenvalue weighted by atomic mass is 16.5. The number of ether oxygens (including phenoxy) is 1. The van der Waals surface area contributed by atoms with Gasteiger partial charge in [0.1, 0.15) is 17.6 Å². The molecule has 5 nitrogen and oxygen atoms in total. The van der Waals surface area contributed by atoms with Crippen LogP contribution in [0, 0.1) is 6.92 Å². The van der Waals surface area contributed by atoms with Crippen molar-refractivity contribution in [3.8, 4) is 5.75 Å². The van der Waals surface area contributed by atoms with Gasteiger partial charge < -0.3 is 14.5 Å². The van der Waals surface area contributed by atoms with E-state index < -0.39 is 0 Å². The van der Waals surface area contributed by atoms with Gasteiger partial charge >= 0.3 is 0 Å². The van der Waals surface area contributed by atoms with E-state index in [0.29, 0.717) is 28.8 Å². The molecule has 144 valence electrons. The number of benzene rings is 2. The maximum atomic E-state index is 12.5. The number of anilines is 1. The number of rotatable bonds is 7. The van der Waals surface area contributed by atoms with Crippen LogP contribution in [0.4, 0.5) is 5.69 Å². The Morgan fingerprint density at radius 3 is 2.71 bits per heavy atom. The molecule has 1 N–H and O–H groups in total. The third-order valence-electron chi connectivity index (χ3n) is 4.26. The molecule has 1 aromatic heterocycles. The van der Waals surface area contributed by atoms with Gasteiger partial charge in [0.15, 0.2) is 5.43 Å². The SMILES string of the molecule is CCCCOc1ccc(NC(=O)/C=C/c2coc3ccc(C)cc3c2=O)cc1. The monoisotopic (exact) mass is 377 g/mol. The van der Waals surface area contributed by atoms with E-state index in [1.807, 2.05) is 25.1 Å². The molecule has 0 saturated carbocycles. The average molecular weight is 377 g/mol. The second-order valence-electron chi connectivity index (χ2n) is 6.57. The lowest BCUT2D eigenvalue weighted by Gasteiger charge is -2.07. The number of carbonyl (C=O) groups is 1. The van der Waals surface area contributed by atoms with Crippen molar-refractivity contribution >= 4 is 28.6 Å². The first kappa shape index (κ1) is 19.4. The zero-order valence-corrected chi connectivity index (χ0v) is 16.0. The largest absolute Gasteiger partial charge is 0.494 e. The first-order valence-electron chi connectivity index (χ1n) is 9.31. The van der Waals surface area contributed by atoms with Gasteiger partial charge in [-0.05, 0) is 55.8 Å². The molecular formula is C23H23NO4. The van der Waals surface area contributed by atoms with E-state index in [1.165, 1.54) is 18.4 Å². The van der Waals surface area contributed by atoms with Gasteiger partial charge in [-0.3, -0.25) is 9.59 Å². The van der Waals surface area contributed by atoms with E-state index in [0.717, 1.165) is 24.2 Å². The standard InChI is InChI=1S/C23H23NO4/c1-3-4-13-27-19-9-7-18(8-10-19)24-22(25)12-6-17-15-28-21-11-5-16(2)14-20(21)23(17)26/h5-12,14-15H,3-4,13H2,1-2H3,(H,24,25)/b12-6+. The molecule has 1 heterocycles. The van der Waals surface area contributed by atoms with Gasteiger partial charge in [0.05, 0.1) is 17.6 Å². The lowest BCUT2D eigenvalue weighted by molar-refractivity contribution is -0.111. The molecule has 5 heteroatoms. The fourth-order valence-electron chi connectivity index (χ4n) is 2.69. The van der Waals surface area contributed by atoms with Crippen molar-refractivity contribution in [1.82, 2.24) is 0 Å². The predicted molar refractivity (Wildman–Crippen MR) is 112 cm³/mol. The maximum absolute atomic E-state index is 12.5. The minimum atomic E-state index is -0.330. The van der Waals surface area contributed by atoms with Crippen LogP contribution in [0.15, 0.2) is 64.0 Å². The summed E-state index contributed by atoms with van der Waals surface area (Å²) in [6, 6.07) is 12.6. The van der Waals surface area contributed by atoms with E-state index in [1.54, 1.807) is 24.3 Å². The van der Waals surface area contributed by atoms with E-state index in [9.17, 15) is 9.59 Å². The summed E-state index contributed by atoms with van der Waals surface area (Å²) in [7, 11) is 0. The van der Waals surface area contributed by atoms with Crippen molar-refractivity contribution in [2.45, 2.75) is 26.7 Å². The molecular weight excluding hydrogens is 354 g/mol. The van der Waals surface area contributed by atoms with Gasteiger partial charge in [-0.25, -0.2) is 0 Å². The molecule has 1 amide bonds. The van der Waals surface area contributed by atoms with Crippen LogP contribution in [0.2, 0.25) is 0 Å². The Hall–Kier alpha value is -3.34. The van der Waals surface area contributed by atoms with Crippen LogP contribution in [-0.4, -0.2) is 12.5 Å². The van der Waals surface area contributed by atoms with Crippen LogP contribution >= 0.6 is 0 Å². The second-order valence-corrected chi connectivity index (χ2v) is 6.57. The first-order valence-corrected chi connectivity index (χ1v) is 9.31. The molecule has 3 aromatic rings. The van der Waals surface area contributed by atoms with Gasteiger partial charge in [0.25, 0.3) is 0 Å². The summed E-state index contributed by atoms with van der Waals surface area (Å²) in [6.07, 6.45) is 6.23. The quantitative estimate of drug-likeness (QED) is 0.468. The van der Waals surface area contributed by atoms with Crippen molar-refractivity contribution in [2.24, 2.45) is 0 Å². The summed E-state index contributed by atoms with van der Waals surface area (Å²) < 4.78 is 11.1. The number of fused-ring (bicyclic) bond motifs is 1. The zero-order valence-electron chi connectivity index (χ0n) is 16.0. The van der Waals surface area contributed by atoms with E-state index >= 15 is 0 Å². The number of hydrogen-bond acceptors (Lipinski definition) is 4. The fourth-order valence-corrected chi connectivity index (χ4v) is 2.69. The number of unbranched alkanes of at least 4 members (excludes halogenated alkanes) is 1. The van der Waals surface area contributed by atoms with Crippen molar-refractivity contribution in [1.29, 1.82) is 0 Å². The molecule has 2 aromatic carbocycles. The minimum Gasteiger partial charge on any atom is -0.494 e. The molecule has 0 aliphatic heterocycles. The smallest absolute Gasteiger partial charge is 0.248 e. The lowest BCUT2D eigenvalue weighted by Crippen LogP contribution is -2.09. The minimum absolute atomic E-state index is 0.164. The van der Waals surface area contributed by atoms with Crippen molar-refractivity contribution in [3.05, 3.63) is 76.2 Å². The van der Waals surface area contributed by atoms with E-state index in [-0.39, 0.29) is 11.3 Å². The Balaban J connectivity index is 1.66. The molecule has 28 heavy (non-hydrogen) atoms. The summed E-state index contributed by atoms with van der Waals surface area (Å²) in [5.74, 6) is 0.439. The Labute approximate surface area is 163 Å². The number of hydrogen-bond donors (Lipinski definition) is 1. The predicted octanol–water partition coefficient (Wildman–Crippen LogP) is 4.93. The summed E-state index contributed by atoms with van der Waals surface area (Å²) in [6.45, 7) is 4.70. The summed E-state index contributed by atoms with van der Waals surface area (Å²) in [4.78, 5) is 24.7. The van der Waals surface area contributed by atoms with E-state index in [2.05, 4.69) is 12.2 Å². The van der Waals surface area contributed by atoms with Crippen LogP contribution in [0.25, 0.3) is 17.0 Å². The van der Waals surface area contributed by atoms with Crippen LogP contribution in [0.1, 0.15) is 30.9 Å². The third-order valence-corrected chi connectivity index (χ3v) is 4.26. The Morgan fingerprint density at radius 2 is 1.96 bits per heavy atom. The third kappa shape index (κ3) is 4.88. The highest BCUT2D eigenvalue weighted by molar-refractivity contribution is 6.02. The van der Waals surface area contributed by atoms with Crippen LogP contribution < -0.4 is 15.5 Å². The number of aryl methyl sites for hydroxylation is 1. The van der Waals surface area contributed by atoms with Crippen LogP contribution in [0.5, 0.6) is 5.75 Å². The summed E-state index contributed by atoms with van der Waals surface area (Å²) in [5.41, 5.74) is 2.31. The van der Waals surface area contributed by atoms with Crippen molar-refractivity contribution in [2.75, 3.05) is 11.9 Å². The summed E-state index contributed by atoms with van der Waals surface area (Å²) >= 11 is 0. The average Bonchev–Trinajstić information content (AvgIpc) is 2.69. The molecule has 0 radical (unpaired) electrons. The molecule has 0 atom stereocenters. The number of amides is 1. The first-order chi connectivity index (χ1) is 13.6. The normalized spacial score (nSPS) is 11.1. The maximum Gasteiger partial charge on any atom is 0.248 e. The Morgan fingerprint density at radius 1 is 1.18 bits per heavy atom. The fraction of sp³-hybridized carbons (Fsp3) is 0.217. The van der Waals surface area contributed by atoms with Gasteiger partial charge in [-0.2, -0.15) is 0 Å². The highest BCUT2D eigenvalue weighted by Crippen LogP contribution is 2.17. The second kappa shape index (κ2) is 9.04. The van der Waals surface area contributed by atoms with Crippen molar-refractivity contribution in [3.63, 3.8) is 0 Å².